The van der Waals surface area contributed by atoms with Crippen molar-refractivity contribution >= 4 is 5.91 Å². The molecule has 0 radical (unpaired) electrons. The second-order valence-corrected chi connectivity index (χ2v) is 10.0. The standard InChI is InChI=1S/C26H40N2O2/c29-25(26(30,23-14-8-9-15-23)22-12-6-3-7-13-22)27-24-16-18-28(19-17-24)20-21-10-4-1-2-5-11-21/h3,6-7,12-13,21,23-24,30H,1-2,4-5,8-11,14-20H2,(H,27,29)/t26-/m0/s1. The minimum Gasteiger partial charge on any atom is -0.375 e. The molecular weight excluding hydrogens is 372 g/mol. The normalized spacial score (nSPS) is 25.0. The third-order valence-electron chi connectivity index (χ3n) is 7.92. The minimum absolute atomic E-state index is 0.0234. The van der Waals surface area contributed by atoms with Crippen LogP contribution in [0.3, 0.4) is 0 Å². The Kier molecular flexibility index (Phi) is 7.48. The maximum absolute atomic E-state index is 13.4. The molecule has 1 amide bonds. The number of benzene rings is 1. The van der Waals surface area contributed by atoms with Crippen LogP contribution in [0, 0.1) is 11.8 Å². The van der Waals surface area contributed by atoms with Gasteiger partial charge in [0.2, 0.25) is 0 Å². The molecule has 0 aromatic heterocycles. The molecule has 166 valence electrons. The molecule has 1 saturated heterocycles. The summed E-state index contributed by atoms with van der Waals surface area (Å²) in [4.78, 5) is 16.0. The van der Waals surface area contributed by atoms with Crippen LogP contribution in [-0.4, -0.2) is 41.6 Å². The number of hydrogen-bond donors (Lipinski definition) is 2. The number of nitrogens with zero attached hydrogens (tertiary/aromatic N) is 1. The molecule has 2 N–H and O–H groups in total. The van der Waals surface area contributed by atoms with E-state index in [9.17, 15) is 9.90 Å². The van der Waals surface area contributed by atoms with E-state index in [1.54, 1.807) is 0 Å². The van der Waals surface area contributed by atoms with Crippen LogP contribution in [0.5, 0.6) is 0 Å². The Morgan fingerprint density at radius 1 is 0.900 bits per heavy atom. The lowest BCUT2D eigenvalue weighted by molar-refractivity contribution is -0.148. The molecule has 4 rings (SSSR count). The summed E-state index contributed by atoms with van der Waals surface area (Å²) in [5, 5.41) is 14.9. The SMILES string of the molecule is O=C(NC1CCN(CC2CCCCCC2)CC1)[C@](O)(c1ccccc1)C1CCCC1. The Morgan fingerprint density at radius 3 is 2.13 bits per heavy atom. The lowest BCUT2D eigenvalue weighted by Gasteiger charge is -2.38. The van der Waals surface area contributed by atoms with Crippen molar-refractivity contribution in [3.63, 3.8) is 0 Å². The van der Waals surface area contributed by atoms with Crippen LogP contribution in [0.1, 0.15) is 82.6 Å². The Bertz CT molecular complexity index is 657. The Balaban J connectivity index is 1.33. The van der Waals surface area contributed by atoms with Crippen LogP contribution in [0.2, 0.25) is 0 Å². The van der Waals surface area contributed by atoms with Crippen molar-refractivity contribution in [2.45, 2.75) is 88.7 Å². The predicted molar refractivity (Wildman–Crippen MR) is 121 cm³/mol. The van der Waals surface area contributed by atoms with Crippen molar-refractivity contribution in [1.82, 2.24) is 10.2 Å². The van der Waals surface area contributed by atoms with E-state index in [-0.39, 0.29) is 17.9 Å². The van der Waals surface area contributed by atoms with E-state index in [1.165, 1.54) is 45.1 Å². The van der Waals surface area contributed by atoms with Crippen LogP contribution in [-0.2, 0) is 10.4 Å². The van der Waals surface area contributed by atoms with Gasteiger partial charge in [-0.2, -0.15) is 0 Å². The fourth-order valence-electron chi connectivity index (χ4n) is 6.05. The van der Waals surface area contributed by atoms with Gasteiger partial charge in [0.25, 0.3) is 5.91 Å². The van der Waals surface area contributed by atoms with Gasteiger partial charge in [-0.25, -0.2) is 0 Å². The van der Waals surface area contributed by atoms with Gasteiger partial charge in [-0.1, -0.05) is 68.9 Å². The zero-order valence-electron chi connectivity index (χ0n) is 18.5. The molecule has 1 heterocycles. The maximum atomic E-state index is 13.4. The summed E-state index contributed by atoms with van der Waals surface area (Å²) < 4.78 is 0. The molecule has 0 spiro atoms. The lowest BCUT2D eigenvalue weighted by atomic mass is 9.79. The average molecular weight is 413 g/mol. The van der Waals surface area contributed by atoms with Gasteiger partial charge in [0.05, 0.1) is 0 Å². The first-order valence-electron chi connectivity index (χ1n) is 12.5. The highest BCUT2D eigenvalue weighted by atomic mass is 16.3. The van der Waals surface area contributed by atoms with Gasteiger partial charge in [-0.3, -0.25) is 4.79 Å². The highest BCUT2D eigenvalue weighted by Gasteiger charge is 2.46. The molecule has 1 aromatic carbocycles. The number of nitrogens with one attached hydrogen (secondary N) is 1. The van der Waals surface area contributed by atoms with Crippen LogP contribution >= 0.6 is 0 Å². The quantitative estimate of drug-likeness (QED) is 0.671. The fraction of sp³-hybridized carbons (Fsp3) is 0.731. The summed E-state index contributed by atoms with van der Waals surface area (Å²) in [6.07, 6.45) is 14.5. The van der Waals surface area contributed by atoms with Gasteiger partial charge in [0, 0.05) is 31.6 Å². The highest BCUT2D eigenvalue weighted by Crippen LogP contribution is 2.41. The molecule has 3 fully saturated rings. The van der Waals surface area contributed by atoms with Gasteiger partial charge in [0.1, 0.15) is 0 Å². The second kappa shape index (κ2) is 10.3. The number of likely N-dealkylation sites (tertiary alicyclic amines) is 1. The Labute approximate surface area is 182 Å². The van der Waals surface area contributed by atoms with Crippen molar-refractivity contribution in [3.05, 3.63) is 35.9 Å². The largest absolute Gasteiger partial charge is 0.375 e. The number of aliphatic hydroxyl groups is 1. The molecule has 2 saturated carbocycles. The van der Waals surface area contributed by atoms with Gasteiger partial charge < -0.3 is 15.3 Å². The zero-order valence-corrected chi connectivity index (χ0v) is 18.5. The maximum Gasteiger partial charge on any atom is 0.257 e. The topological polar surface area (TPSA) is 52.6 Å². The Morgan fingerprint density at radius 2 is 1.50 bits per heavy atom. The third-order valence-corrected chi connectivity index (χ3v) is 7.92. The van der Waals surface area contributed by atoms with Crippen LogP contribution in [0.4, 0.5) is 0 Å². The molecule has 0 bridgehead atoms. The molecule has 2 aliphatic carbocycles. The van der Waals surface area contributed by atoms with Gasteiger partial charge in [-0.15, -0.1) is 0 Å². The molecule has 4 heteroatoms. The molecule has 1 aromatic rings. The van der Waals surface area contributed by atoms with E-state index in [2.05, 4.69) is 10.2 Å². The fourth-order valence-corrected chi connectivity index (χ4v) is 6.05. The molecule has 0 unspecified atom stereocenters. The summed E-state index contributed by atoms with van der Waals surface area (Å²) in [7, 11) is 0. The van der Waals surface area contributed by atoms with Crippen LogP contribution in [0.15, 0.2) is 30.3 Å². The summed E-state index contributed by atoms with van der Waals surface area (Å²) in [6, 6.07) is 9.80. The van der Waals surface area contributed by atoms with E-state index in [4.69, 9.17) is 0 Å². The highest BCUT2D eigenvalue weighted by molar-refractivity contribution is 5.87. The first-order chi connectivity index (χ1) is 14.7. The third kappa shape index (κ3) is 5.08. The number of carbonyl (C=O) groups is 1. The van der Waals surface area contributed by atoms with Crippen molar-refractivity contribution < 1.29 is 9.90 Å². The molecular formula is C26H40N2O2. The first-order valence-corrected chi connectivity index (χ1v) is 12.5. The summed E-state index contributed by atoms with van der Waals surface area (Å²) in [5.41, 5.74) is -0.643. The summed E-state index contributed by atoms with van der Waals surface area (Å²) in [5.74, 6) is 0.710. The number of carbonyl (C=O) groups excluding carboxylic acids is 1. The van der Waals surface area contributed by atoms with Gasteiger partial charge >= 0.3 is 0 Å². The zero-order chi connectivity index (χ0) is 20.8. The minimum atomic E-state index is -1.39. The smallest absolute Gasteiger partial charge is 0.257 e. The number of rotatable bonds is 6. The van der Waals surface area contributed by atoms with E-state index < -0.39 is 5.60 Å². The van der Waals surface area contributed by atoms with Crippen molar-refractivity contribution in [3.8, 4) is 0 Å². The van der Waals surface area contributed by atoms with Crippen molar-refractivity contribution in [2.75, 3.05) is 19.6 Å². The van der Waals surface area contributed by atoms with Gasteiger partial charge in [-0.05, 0) is 50.0 Å². The average Bonchev–Trinajstić information content (AvgIpc) is 3.21. The monoisotopic (exact) mass is 412 g/mol. The summed E-state index contributed by atoms with van der Waals surface area (Å²) >= 11 is 0. The lowest BCUT2D eigenvalue weighted by Crippen LogP contribution is -2.54. The summed E-state index contributed by atoms with van der Waals surface area (Å²) in [6.45, 7) is 3.36. The molecule has 30 heavy (non-hydrogen) atoms. The molecule has 4 nitrogen and oxygen atoms in total. The van der Waals surface area contributed by atoms with Crippen LogP contribution in [0.25, 0.3) is 0 Å². The predicted octanol–water partition coefficient (Wildman–Crippen LogP) is 4.62. The van der Waals surface area contributed by atoms with Crippen molar-refractivity contribution in [1.29, 1.82) is 0 Å². The Hall–Kier alpha value is -1.39. The van der Waals surface area contributed by atoms with E-state index in [0.717, 1.165) is 63.1 Å². The van der Waals surface area contributed by atoms with E-state index >= 15 is 0 Å². The molecule has 1 atom stereocenters. The second-order valence-electron chi connectivity index (χ2n) is 10.0. The van der Waals surface area contributed by atoms with E-state index in [0.29, 0.717) is 0 Å². The first kappa shape index (κ1) is 21.8. The molecule has 1 aliphatic heterocycles. The number of hydrogen-bond acceptors (Lipinski definition) is 3. The van der Waals surface area contributed by atoms with Crippen LogP contribution < -0.4 is 5.32 Å². The molecule has 3 aliphatic rings. The number of amides is 1. The van der Waals surface area contributed by atoms with E-state index in [1.807, 2.05) is 30.3 Å². The number of piperidine rings is 1. The van der Waals surface area contributed by atoms with Gasteiger partial charge in [0.15, 0.2) is 5.60 Å². The van der Waals surface area contributed by atoms with Crippen molar-refractivity contribution in [2.24, 2.45) is 11.8 Å².